The smallest absolute Gasteiger partial charge is 0.254 e. The van der Waals surface area contributed by atoms with E-state index in [4.69, 9.17) is 16.3 Å². The summed E-state index contributed by atoms with van der Waals surface area (Å²) < 4.78 is 19.0. The molecule has 1 aromatic heterocycles. The molecule has 2 aromatic rings. The van der Waals surface area contributed by atoms with Crippen molar-refractivity contribution in [1.29, 1.82) is 0 Å². The van der Waals surface area contributed by atoms with Crippen molar-refractivity contribution in [1.82, 2.24) is 15.2 Å². The van der Waals surface area contributed by atoms with E-state index < -0.39 is 0 Å². The third-order valence-corrected chi connectivity index (χ3v) is 4.48. The molecule has 1 aliphatic heterocycles. The van der Waals surface area contributed by atoms with E-state index in [-0.39, 0.29) is 22.9 Å². The van der Waals surface area contributed by atoms with Gasteiger partial charge >= 0.3 is 0 Å². The van der Waals surface area contributed by atoms with Crippen LogP contribution in [-0.2, 0) is 4.74 Å². The van der Waals surface area contributed by atoms with Crippen molar-refractivity contribution < 1.29 is 13.9 Å². The lowest BCUT2D eigenvalue weighted by atomic mass is 10.0. The topological polar surface area (TPSA) is 54.5 Å². The zero-order valence-electron chi connectivity index (χ0n) is 13.6. The average molecular weight is 364 g/mol. The standard InChI is InChI=1S/C18H19ClFN3O2/c19-17-15(5-2-6-21-17)18(24)22-12-16(23-7-9-25-10-8-23)13-3-1-4-14(20)11-13/h1-6,11,16H,7-10,12H2,(H,22,24). The molecule has 1 aromatic carbocycles. The minimum Gasteiger partial charge on any atom is -0.379 e. The third-order valence-electron chi connectivity index (χ3n) is 4.18. The fourth-order valence-corrected chi connectivity index (χ4v) is 3.11. The Labute approximate surface area is 150 Å². The first-order chi connectivity index (χ1) is 12.1. The highest BCUT2D eigenvalue weighted by Gasteiger charge is 2.24. The molecular formula is C18H19ClFN3O2. The van der Waals surface area contributed by atoms with Crippen molar-refractivity contribution in [3.8, 4) is 0 Å². The van der Waals surface area contributed by atoms with Gasteiger partial charge in [0.25, 0.3) is 5.91 Å². The van der Waals surface area contributed by atoms with E-state index in [1.165, 1.54) is 18.3 Å². The second kappa shape index (κ2) is 8.38. The van der Waals surface area contributed by atoms with Gasteiger partial charge in [-0.15, -0.1) is 0 Å². The van der Waals surface area contributed by atoms with Crippen molar-refractivity contribution in [2.24, 2.45) is 0 Å². The Morgan fingerprint density at radius 1 is 1.32 bits per heavy atom. The minimum atomic E-state index is -0.298. The van der Waals surface area contributed by atoms with Crippen LogP contribution in [0.25, 0.3) is 0 Å². The molecule has 0 radical (unpaired) electrons. The van der Waals surface area contributed by atoms with E-state index in [1.54, 1.807) is 18.2 Å². The summed E-state index contributed by atoms with van der Waals surface area (Å²) in [6.45, 7) is 3.03. The maximum atomic E-state index is 13.7. The van der Waals surface area contributed by atoms with Crippen LogP contribution in [0.3, 0.4) is 0 Å². The Morgan fingerprint density at radius 3 is 2.84 bits per heavy atom. The molecule has 7 heteroatoms. The van der Waals surface area contributed by atoms with Gasteiger partial charge in [0, 0.05) is 25.8 Å². The number of carbonyl (C=O) groups is 1. The number of aromatic nitrogens is 1. The fourth-order valence-electron chi connectivity index (χ4n) is 2.90. The van der Waals surface area contributed by atoms with Gasteiger partial charge in [0.1, 0.15) is 11.0 Å². The summed E-state index contributed by atoms with van der Waals surface area (Å²) in [4.78, 5) is 18.5. The molecule has 1 aliphatic rings. The Bertz CT molecular complexity index is 738. The molecule has 0 bridgehead atoms. The Kier molecular flexibility index (Phi) is 5.96. The van der Waals surface area contributed by atoms with Crippen LogP contribution in [0.5, 0.6) is 0 Å². The van der Waals surface area contributed by atoms with E-state index in [1.807, 2.05) is 6.07 Å². The number of ether oxygens (including phenoxy) is 1. The Morgan fingerprint density at radius 2 is 2.12 bits per heavy atom. The van der Waals surface area contributed by atoms with Crippen LogP contribution >= 0.6 is 11.6 Å². The lowest BCUT2D eigenvalue weighted by molar-refractivity contribution is 0.0162. The van der Waals surface area contributed by atoms with Crippen LogP contribution in [0, 0.1) is 5.82 Å². The van der Waals surface area contributed by atoms with Crippen LogP contribution in [0.2, 0.25) is 5.15 Å². The average Bonchev–Trinajstić information content (AvgIpc) is 2.63. The number of pyridine rings is 1. The maximum absolute atomic E-state index is 13.7. The van der Waals surface area contributed by atoms with Crippen LogP contribution in [0.15, 0.2) is 42.6 Å². The van der Waals surface area contributed by atoms with Crippen LogP contribution in [-0.4, -0.2) is 48.6 Å². The number of rotatable bonds is 5. The molecule has 1 saturated heterocycles. The highest BCUT2D eigenvalue weighted by Crippen LogP contribution is 2.22. The highest BCUT2D eigenvalue weighted by molar-refractivity contribution is 6.32. The largest absolute Gasteiger partial charge is 0.379 e. The van der Waals surface area contributed by atoms with E-state index >= 15 is 0 Å². The van der Waals surface area contributed by atoms with E-state index in [0.29, 0.717) is 25.3 Å². The number of benzene rings is 1. The second-order valence-corrected chi connectivity index (χ2v) is 6.13. The molecule has 0 saturated carbocycles. The summed E-state index contributed by atoms with van der Waals surface area (Å²) in [7, 11) is 0. The van der Waals surface area contributed by atoms with Gasteiger partial charge in [-0.2, -0.15) is 0 Å². The lowest BCUT2D eigenvalue weighted by Gasteiger charge is -2.35. The van der Waals surface area contributed by atoms with Gasteiger partial charge in [-0.3, -0.25) is 9.69 Å². The number of nitrogens with zero attached hydrogens (tertiary/aromatic N) is 2. The zero-order valence-corrected chi connectivity index (χ0v) is 14.4. The van der Waals surface area contributed by atoms with Gasteiger partial charge in [0.05, 0.1) is 24.8 Å². The predicted molar refractivity (Wildman–Crippen MR) is 93.1 cm³/mol. The summed E-state index contributed by atoms with van der Waals surface area (Å²) in [5.74, 6) is -0.592. The van der Waals surface area contributed by atoms with Crippen molar-refractivity contribution in [3.63, 3.8) is 0 Å². The molecule has 1 unspecified atom stereocenters. The highest BCUT2D eigenvalue weighted by atomic mass is 35.5. The molecule has 0 spiro atoms. The Hall–Kier alpha value is -2.02. The predicted octanol–water partition coefficient (Wildman–Crippen LogP) is 2.68. The number of morpholine rings is 1. The van der Waals surface area contributed by atoms with E-state index in [9.17, 15) is 9.18 Å². The first-order valence-corrected chi connectivity index (χ1v) is 8.49. The maximum Gasteiger partial charge on any atom is 0.254 e. The molecular weight excluding hydrogens is 345 g/mol. The molecule has 1 fully saturated rings. The van der Waals surface area contributed by atoms with Crippen LogP contribution < -0.4 is 5.32 Å². The van der Waals surface area contributed by atoms with Crippen molar-refractivity contribution in [3.05, 3.63) is 64.7 Å². The monoisotopic (exact) mass is 363 g/mol. The number of halogens is 2. The molecule has 1 N–H and O–H groups in total. The lowest BCUT2D eigenvalue weighted by Crippen LogP contribution is -2.43. The Balaban J connectivity index is 1.75. The van der Waals surface area contributed by atoms with Gasteiger partial charge in [-0.05, 0) is 29.8 Å². The van der Waals surface area contributed by atoms with Crippen molar-refractivity contribution >= 4 is 17.5 Å². The molecule has 1 atom stereocenters. The molecule has 2 heterocycles. The van der Waals surface area contributed by atoms with E-state index in [0.717, 1.165) is 18.7 Å². The fraction of sp³-hybridized carbons (Fsp3) is 0.333. The van der Waals surface area contributed by atoms with Crippen LogP contribution in [0.1, 0.15) is 22.0 Å². The summed E-state index contributed by atoms with van der Waals surface area (Å²) >= 11 is 5.97. The number of amides is 1. The molecule has 132 valence electrons. The summed E-state index contributed by atoms with van der Waals surface area (Å²) in [5.41, 5.74) is 1.14. The minimum absolute atomic E-state index is 0.140. The van der Waals surface area contributed by atoms with Gasteiger partial charge in [-0.1, -0.05) is 23.7 Å². The van der Waals surface area contributed by atoms with Gasteiger partial charge in [-0.25, -0.2) is 9.37 Å². The van der Waals surface area contributed by atoms with Gasteiger partial charge < -0.3 is 10.1 Å². The van der Waals surface area contributed by atoms with Crippen molar-refractivity contribution in [2.45, 2.75) is 6.04 Å². The van der Waals surface area contributed by atoms with E-state index in [2.05, 4.69) is 15.2 Å². The summed E-state index contributed by atoms with van der Waals surface area (Å²) in [6, 6.07) is 9.60. The molecule has 1 amide bonds. The number of nitrogens with one attached hydrogen (secondary N) is 1. The van der Waals surface area contributed by atoms with Gasteiger partial charge in [0.15, 0.2) is 0 Å². The molecule has 3 rings (SSSR count). The number of hydrogen-bond donors (Lipinski definition) is 1. The second-order valence-electron chi connectivity index (χ2n) is 5.77. The molecule has 0 aliphatic carbocycles. The summed E-state index contributed by atoms with van der Waals surface area (Å²) in [6.07, 6.45) is 1.53. The normalized spacial score (nSPS) is 16.4. The zero-order chi connectivity index (χ0) is 17.6. The first-order valence-electron chi connectivity index (χ1n) is 8.11. The first kappa shape index (κ1) is 17.8. The third kappa shape index (κ3) is 4.54. The summed E-state index contributed by atoms with van der Waals surface area (Å²) in [5, 5.41) is 3.05. The number of carbonyl (C=O) groups excluding carboxylic acids is 1. The molecule has 5 nitrogen and oxygen atoms in total. The van der Waals surface area contributed by atoms with Crippen LogP contribution in [0.4, 0.5) is 4.39 Å². The number of hydrogen-bond acceptors (Lipinski definition) is 4. The molecule has 25 heavy (non-hydrogen) atoms. The van der Waals surface area contributed by atoms with Gasteiger partial charge in [0.2, 0.25) is 0 Å². The van der Waals surface area contributed by atoms with Crippen molar-refractivity contribution in [2.75, 3.05) is 32.8 Å². The quantitative estimate of drug-likeness (QED) is 0.830. The SMILES string of the molecule is O=C(NCC(c1cccc(F)c1)N1CCOCC1)c1cccnc1Cl.